The molecule has 3 nitrogen and oxygen atoms in total. The number of rotatable bonds is 8. The van der Waals surface area contributed by atoms with Crippen LogP contribution in [0.1, 0.15) is 51.0 Å². The van der Waals surface area contributed by atoms with Gasteiger partial charge in [-0.2, -0.15) is 0 Å². The summed E-state index contributed by atoms with van der Waals surface area (Å²) >= 11 is 3.45. The largest absolute Gasteiger partial charge is 0.493 e. The molecule has 0 fully saturated rings. The standard InChI is InChI=1S/C15H21BrO3/c1-3-5-11(9-15(17)18)13-10-12(16)6-7-14(13)19-8-4-2/h6-7,10-11H,3-5,8-9H2,1-2H3,(H,17,18). The zero-order chi connectivity index (χ0) is 14.3. The lowest BCUT2D eigenvalue weighted by Gasteiger charge is -2.19. The van der Waals surface area contributed by atoms with Crippen molar-refractivity contribution >= 4 is 21.9 Å². The van der Waals surface area contributed by atoms with Gasteiger partial charge in [-0.15, -0.1) is 0 Å². The van der Waals surface area contributed by atoms with E-state index in [2.05, 4.69) is 29.8 Å². The van der Waals surface area contributed by atoms with Crippen molar-refractivity contribution in [2.45, 2.75) is 45.4 Å². The first kappa shape index (κ1) is 16.0. The molecule has 0 aromatic heterocycles. The van der Waals surface area contributed by atoms with E-state index in [1.165, 1.54) is 0 Å². The molecule has 0 aliphatic heterocycles. The van der Waals surface area contributed by atoms with Crippen LogP contribution in [0.15, 0.2) is 22.7 Å². The maximum Gasteiger partial charge on any atom is 0.303 e. The van der Waals surface area contributed by atoms with Crippen LogP contribution in [0.2, 0.25) is 0 Å². The van der Waals surface area contributed by atoms with E-state index in [0.717, 1.165) is 35.0 Å². The molecule has 0 bridgehead atoms. The fourth-order valence-electron chi connectivity index (χ4n) is 2.11. The summed E-state index contributed by atoms with van der Waals surface area (Å²) in [6.07, 6.45) is 2.89. The molecular formula is C15H21BrO3. The number of carboxylic acid groups (broad SMARTS) is 1. The molecule has 19 heavy (non-hydrogen) atoms. The second-order valence-electron chi connectivity index (χ2n) is 4.61. The third-order valence-corrected chi connectivity index (χ3v) is 3.42. The Hall–Kier alpha value is -1.03. The number of carboxylic acids is 1. The molecular weight excluding hydrogens is 308 g/mol. The Bertz CT molecular complexity index is 418. The minimum atomic E-state index is -0.764. The monoisotopic (exact) mass is 328 g/mol. The predicted octanol–water partition coefficient (Wildman–Crippen LogP) is 4.60. The zero-order valence-electron chi connectivity index (χ0n) is 11.5. The van der Waals surface area contributed by atoms with E-state index in [-0.39, 0.29) is 12.3 Å². The number of aliphatic carboxylic acids is 1. The summed E-state index contributed by atoms with van der Waals surface area (Å²) in [6, 6.07) is 5.83. The van der Waals surface area contributed by atoms with Crippen LogP contribution in [0.5, 0.6) is 5.75 Å². The van der Waals surface area contributed by atoms with Crippen LogP contribution in [0.3, 0.4) is 0 Å². The van der Waals surface area contributed by atoms with Gasteiger partial charge in [-0.1, -0.05) is 36.2 Å². The number of benzene rings is 1. The van der Waals surface area contributed by atoms with Crippen LogP contribution in [0.25, 0.3) is 0 Å². The molecule has 1 unspecified atom stereocenters. The fourth-order valence-corrected chi connectivity index (χ4v) is 2.49. The van der Waals surface area contributed by atoms with Crippen molar-refractivity contribution in [2.24, 2.45) is 0 Å². The quantitative estimate of drug-likeness (QED) is 0.758. The molecule has 4 heteroatoms. The number of ether oxygens (including phenoxy) is 1. The van der Waals surface area contributed by atoms with Gasteiger partial charge in [-0.05, 0) is 42.5 Å². The van der Waals surface area contributed by atoms with Crippen molar-refractivity contribution in [1.29, 1.82) is 0 Å². The topological polar surface area (TPSA) is 46.5 Å². The van der Waals surface area contributed by atoms with Crippen LogP contribution in [-0.2, 0) is 4.79 Å². The Morgan fingerprint density at radius 3 is 2.68 bits per heavy atom. The average molecular weight is 329 g/mol. The van der Waals surface area contributed by atoms with Gasteiger partial charge >= 0.3 is 5.97 Å². The maximum absolute atomic E-state index is 11.0. The predicted molar refractivity (Wildman–Crippen MR) is 79.8 cm³/mol. The molecule has 1 aromatic rings. The molecule has 1 N–H and O–H groups in total. The van der Waals surface area contributed by atoms with Crippen LogP contribution >= 0.6 is 15.9 Å². The summed E-state index contributed by atoms with van der Waals surface area (Å²) in [5, 5.41) is 9.06. The van der Waals surface area contributed by atoms with Crippen molar-refractivity contribution in [3.05, 3.63) is 28.2 Å². The number of hydrogen-bond acceptors (Lipinski definition) is 2. The second-order valence-corrected chi connectivity index (χ2v) is 5.53. The number of halogens is 1. The van der Waals surface area contributed by atoms with E-state index < -0.39 is 5.97 Å². The van der Waals surface area contributed by atoms with Gasteiger partial charge < -0.3 is 9.84 Å². The zero-order valence-corrected chi connectivity index (χ0v) is 13.1. The highest BCUT2D eigenvalue weighted by atomic mass is 79.9. The van der Waals surface area contributed by atoms with E-state index >= 15 is 0 Å². The third-order valence-electron chi connectivity index (χ3n) is 2.93. The van der Waals surface area contributed by atoms with Gasteiger partial charge in [0.25, 0.3) is 0 Å². The molecule has 0 aliphatic carbocycles. The van der Waals surface area contributed by atoms with Crippen LogP contribution in [0.4, 0.5) is 0 Å². The van der Waals surface area contributed by atoms with Gasteiger partial charge in [0.1, 0.15) is 5.75 Å². The molecule has 1 rings (SSSR count). The first-order chi connectivity index (χ1) is 9.08. The Morgan fingerprint density at radius 2 is 2.11 bits per heavy atom. The van der Waals surface area contributed by atoms with E-state index in [1.54, 1.807) is 0 Å². The van der Waals surface area contributed by atoms with E-state index in [4.69, 9.17) is 9.84 Å². The van der Waals surface area contributed by atoms with Gasteiger partial charge in [0.2, 0.25) is 0 Å². The van der Waals surface area contributed by atoms with Crippen molar-refractivity contribution in [2.75, 3.05) is 6.61 Å². The van der Waals surface area contributed by atoms with E-state index in [9.17, 15) is 4.79 Å². The fraction of sp³-hybridized carbons (Fsp3) is 0.533. The molecule has 0 radical (unpaired) electrons. The molecule has 0 saturated carbocycles. The lowest BCUT2D eigenvalue weighted by Crippen LogP contribution is -2.09. The molecule has 0 heterocycles. The Labute approximate surface area is 123 Å². The van der Waals surface area contributed by atoms with Gasteiger partial charge in [-0.25, -0.2) is 0 Å². The Kier molecular flexibility index (Phi) is 6.92. The first-order valence-electron chi connectivity index (χ1n) is 6.72. The lowest BCUT2D eigenvalue weighted by atomic mass is 9.91. The SMILES string of the molecule is CCCOc1ccc(Br)cc1C(CCC)CC(=O)O. The van der Waals surface area contributed by atoms with Gasteiger partial charge in [-0.3, -0.25) is 4.79 Å². The Morgan fingerprint density at radius 1 is 1.37 bits per heavy atom. The number of hydrogen-bond donors (Lipinski definition) is 1. The summed E-state index contributed by atoms with van der Waals surface area (Å²) in [7, 11) is 0. The summed E-state index contributed by atoms with van der Waals surface area (Å²) in [5.41, 5.74) is 0.993. The van der Waals surface area contributed by atoms with Gasteiger partial charge in [0.05, 0.1) is 13.0 Å². The first-order valence-corrected chi connectivity index (χ1v) is 7.51. The smallest absolute Gasteiger partial charge is 0.303 e. The minimum Gasteiger partial charge on any atom is -0.493 e. The Balaban J connectivity index is 3.03. The average Bonchev–Trinajstić information content (AvgIpc) is 2.36. The lowest BCUT2D eigenvalue weighted by molar-refractivity contribution is -0.137. The summed E-state index contributed by atoms with van der Waals surface area (Å²) < 4.78 is 6.69. The molecule has 0 aliphatic rings. The van der Waals surface area contributed by atoms with Crippen molar-refractivity contribution in [3.8, 4) is 5.75 Å². The third kappa shape index (κ3) is 5.23. The molecule has 106 valence electrons. The minimum absolute atomic E-state index is 0.00635. The van der Waals surface area contributed by atoms with Crippen molar-refractivity contribution in [3.63, 3.8) is 0 Å². The van der Waals surface area contributed by atoms with E-state index in [1.807, 2.05) is 18.2 Å². The second kappa shape index (κ2) is 8.20. The summed E-state index contributed by atoms with van der Waals surface area (Å²) in [4.78, 5) is 11.0. The van der Waals surface area contributed by atoms with Crippen molar-refractivity contribution in [1.82, 2.24) is 0 Å². The summed E-state index contributed by atoms with van der Waals surface area (Å²) in [5.74, 6) is 0.0523. The normalized spacial score (nSPS) is 12.2. The molecule has 1 aromatic carbocycles. The maximum atomic E-state index is 11.0. The highest BCUT2D eigenvalue weighted by Gasteiger charge is 2.19. The van der Waals surface area contributed by atoms with E-state index in [0.29, 0.717) is 6.61 Å². The number of carbonyl (C=O) groups is 1. The van der Waals surface area contributed by atoms with Crippen LogP contribution in [-0.4, -0.2) is 17.7 Å². The molecule has 0 saturated heterocycles. The summed E-state index contributed by atoms with van der Waals surface area (Å²) in [6.45, 7) is 4.78. The molecule has 0 amide bonds. The van der Waals surface area contributed by atoms with Gasteiger partial charge in [0, 0.05) is 4.47 Å². The molecule has 1 atom stereocenters. The van der Waals surface area contributed by atoms with Crippen LogP contribution in [0, 0.1) is 0 Å². The molecule has 0 spiro atoms. The highest BCUT2D eigenvalue weighted by molar-refractivity contribution is 9.10. The van der Waals surface area contributed by atoms with Gasteiger partial charge in [0.15, 0.2) is 0 Å². The highest BCUT2D eigenvalue weighted by Crippen LogP contribution is 2.34. The van der Waals surface area contributed by atoms with Crippen molar-refractivity contribution < 1.29 is 14.6 Å². The van der Waals surface area contributed by atoms with Crippen LogP contribution < -0.4 is 4.74 Å².